The molecule has 0 fully saturated rings. The summed E-state index contributed by atoms with van der Waals surface area (Å²) in [6, 6.07) is 2.07. The van der Waals surface area contributed by atoms with Crippen LogP contribution in [-0.2, 0) is 19.9 Å². The van der Waals surface area contributed by atoms with Gasteiger partial charge in [0.2, 0.25) is 5.78 Å². The summed E-state index contributed by atoms with van der Waals surface area (Å²) in [5, 5.41) is 4.11. The molecule has 1 aliphatic carbocycles. The van der Waals surface area contributed by atoms with E-state index < -0.39 is 0 Å². The van der Waals surface area contributed by atoms with Gasteiger partial charge in [-0.3, -0.25) is 9.48 Å². The number of fused-ring (bicyclic) bond motifs is 1. The third-order valence-corrected chi connectivity index (χ3v) is 5.05. The summed E-state index contributed by atoms with van der Waals surface area (Å²) in [6.07, 6.45) is 7.55. The summed E-state index contributed by atoms with van der Waals surface area (Å²) < 4.78 is 6.82. The standard InChI is InChI=1S/C15H18N2O2S/c1-17-14(11(19-2)9-16-17)15(18)13-8-10-6-4-3-5-7-12(10)20-13/h8-9H,3-7H2,1-2H3. The quantitative estimate of drug-likeness (QED) is 0.645. The van der Waals surface area contributed by atoms with Crippen LogP contribution in [0.2, 0.25) is 0 Å². The van der Waals surface area contributed by atoms with Crippen LogP contribution in [0, 0.1) is 0 Å². The van der Waals surface area contributed by atoms with Gasteiger partial charge in [-0.2, -0.15) is 5.10 Å². The molecular weight excluding hydrogens is 272 g/mol. The number of hydrogen-bond donors (Lipinski definition) is 0. The molecule has 0 unspecified atom stereocenters. The molecule has 0 amide bonds. The zero-order chi connectivity index (χ0) is 14.1. The van der Waals surface area contributed by atoms with Gasteiger partial charge in [-0.15, -0.1) is 11.3 Å². The zero-order valence-electron chi connectivity index (χ0n) is 11.8. The van der Waals surface area contributed by atoms with Crippen molar-refractivity contribution in [2.75, 3.05) is 7.11 Å². The van der Waals surface area contributed by atoms with Gasteiger partial charge in [-0.05, 0) is 37.3 Å². The van der Waals surface area contributed by atoms with E-state index in [4.69, 9.17) is 4.74 Å². The van der Waals surface area contributed by atoms with Gasteiger partial charge >= 0.3 is 0 Å². The Morgan fingerprint density at radius 3 is 2.95 bits per heavy atom. The number of ether oxygens (including phenoxy) is 1. The minimum Gasteiger partial charge on any atom is -0.493 e. The van der Waals surface area contributed by atoms with Gasteiger partial charge in [0.1, 0.15) is 0 Å². The molecule has 2 aromatic heterocycles. The maximum absolute atomic E-state index is 12.7. The average Bonchev–Trinajstić information content (AvgIpc) is 2.95. The number of ketones is 1. The zero-order valence-corrected chi connectivity index (χ0v) is 12.6. The first-order valence-electron chi connectivity index (χ1n) is 6.93. The summed E-state index contributed by atoms with van der Waals surface area (Å²) in [7, 11) is 3.34. The van der Waals surface area contributed by atoms with Crippen LogP contribution in [0.1, 0.15) is 45.1 Å². The van der Waals surface area contributed by atoms with Crippen molar-refractivity contribution in [1.82, 2.24) is 9.78 Å². The molecule has 0 aromatic carbocycles. The van der Waals surface area contributed by atoms with Crippen LogP contribution in [0.3, 0.4) is 0 Å². The fourth-order valence-electron chi connectivity index (χ4n) is 2.72. The molecule has 3 rings (SSSR count). The topological polar surface area (TPSA) is 44.1 Å². The monoisotopic (exact) mass is 290 g/mol. The summed E-state index contributed by atoms with van der Waals surface area (Å²) in [6.45, 7) is 0. The van der Waals surface area contributed by atoms with Crippen LogP contribution >= 0.6 is 11.3 Å². The van der Waals surface area contributed by atoms with E-state index in [0.29, 0.717) is 11.4 Å². The third kappa shape index (κ3) is 2.26. The molecule has 20 heavy (non-hydrogen) atoms. The van der Waals surface area contributed by atoms with E-state index in [1.807, 2.05) is 0 Å². The molecule has 1 aliphatic rings. The third-order valence-electron chi connectivity index (χ3n) is 3.81. The molecule has 0 saturated heterocycles. The summed E-state index contributed by atoms with van der Waals surface area (Å²) in [5.74, 6) is 0.556. The fourth-order valence-corrected chi connectivity index (χ4v) is 3.92. The Balaban J connectivity index is 1.96. The van der Waals surface area contributed by atoms with Crippen LogP contribution in [-0.4, -0.2) is 22.7 Å². The lowest BCUT2D eigenvalue weighted by atomic mass is 10.1. The highest BCUT2D eigenvalue weighted by Crippen LogP contribution is 2.31. The normalized spacial score (nSPS) is 14.7. The van der Waals surface area contributed by atoms with Crippen molar-refractivity contribution in [2.24, 2.45) is 7.05 Å². The van der Waals surface area contributed by atoms with Crippen LogP contribution in [0.25, 0.3) is 0 Å². The van der Waals surface area contributed by atoms with Crippen LogP contribution < -0.4 is 4.74 Å². The number of thiophene rings is 1. The predicted molar refractivity (Wildman–Crippen MR) is 78.8 cm³/mol. The van der Waals surface area contributed by atoms with Gasteiger partial charge in [0.05, 0.1) is 18.2 Å². The number of aryl methyl sites for hydroxylation is 3. The number of aromatic nitrogens is 2. The highest BCUT2D eigenvalue weighted by Gasteiger charge is 2.23. The van der Waals surface area contributed by atoms with E-state index in [2.05, 4.69) is 11.2 Å². The predicted octanol–water partition coefficient (Wildman–Crippen LogP) is 2.99. The first kappa shape index (κ1) is 13.4. The van der Waals surface area contributed by atoms with Crippen LogP contribution in [0.5, 0.6) is 5.75 Å². The van der Waals surface area contributed by atoms with Gasteiger partial charge in [0, 0.05) is 11.9 Å². The first-order chi connectivity index (χ1) is 9.70. The van der Waals surface area contributed by atoms with Crippen molar-refractivity contribution in [1.29, 1.82) is 0 Å². The molecule has 106 valence electrons. The maximum Gasteiger partial charge on any atom is 0.224 e. The largest absolute Gasteiger partial charge is 0.493 e. The number of methoxy groups -OCH3 is 1. The highest BCUT2D eigenvalue weighted by molar-refractivity contribution is 7.14. The lowest BCUT2D eigenvalue weighted by Crippen LogP contribution is -2.08. The smallest absolute Gasteiger partial charge is 0.224 e. The number of rotatable bonds is 3. The van der Waals surface area contributed by atoms with E-state index in [1.54, 1.807) is 36.4 Å². The summed E-state index contributed by atoms with van der Waals surface area (Å²) in [5.41, 5.74) is 1.89. The first-order valence-corrected chi connectivity index (χ1v) is 7.74. The lowest BCUT2D eigenvalue weighted by Gasteiger charge is -2.02. The maximum atomic E-state index is 12.7. The van der Waals surface area contributed by atoms with E-state index in [0.717, 1.165) is 17.7 Å². The van der Waals surface area contributed by atoms with Gasteiger partial charge in [0.25, 0.3) is 0 Å². The van der Waals surface area contributed by atoms with Crippen molar-refractivity contribution in [3.63, 3.8) is 0 Å². The van der Waals surface area contributed by atoms with E-state index in [9.17, 15) is 4.79 Å². The van der Waals surface area contributed by atoms with Gasteiger partial charge in [-0.1, -0.05) is 6.42 Å². The molecule has 0 radical (unpaired) electrons. The Labute approximate surface area is 122 Å². The molecule has 2 heterocycles. The van der Waals surface area contributed by atoms with Crippen molar-refractivity contribution in [3.05, 3.63) is 33.3 Å². The molecule has 0 saturated carbocycles. The van der Waals surface area contributed by atoms with Gasteiger partial charge in [0.15, 0.2) is 11.4 Å². The van der Waals surface area contributed by atoms with E-state index in [-0.39, 0.29) is 5.78 Å². The molecule has 0 bridgehead atoms. The molecule has 2 aromatic rings. The molecule has 0 atom stereocenters. The summed E-state index contributed by atoms with van der Waals surface area (Å²) in [4.78, 5) is 14.9. The molecule has 4 nitrogen and oxygen atoms in total. The Morgan fingerprint density at radius 2 is 2.15 bits per heavy atom. The minimum atomic E-state index is 0.0138. The van der Waals surface area contributed by atoms with Crippen LogP contribution in [0.4, 0.5) is 0 Å². The number of nitrogens with zero attached hydrogens (tertiary/aromatic N) is 2. The van der Waals surface area contributed by atoms with E-state index >= 15 is 0 Å². The van der Waals surface area contributed by atoms with Crippen molar-refractivity contribution in [3.8, 4) is 5.75 Å². The van der Waals surface area contributed by atoms with Gasteiger partial charge < -0.3 is 4.74 Å². The van der Waals surface area contributed by atoms with Crippen molar-refractivity contribution >= 4 is 17.1 Å². The average molecular weight is 290 g/mol. The Bertz CT molecular complexity index is 619. The molecular formula is C15H18N2O2S. The second-order valence-electron chi connectivity index (χ2n) is 5.13. The number of carbonyl (C=O) groups is 1. The Hall–Kier alpha value is -1.62. The second-order valence-corrected chi connectivity index (χ2v) is 6.27. The molecule has 0 N–H and O–H groups in total. The SMILES string of the molecule is COc1cnn(C)c1C(=O)c1cc2c(s1)CCCCC2. The molecule has 0 spiro atoms. The van der Waals surface area contributed by atoms with Crippen LogP contribution in [0.15, 0.2) is 12.3 Å². The Morgan fingerprint density at radius 1 is 1.35 bits per heavy atom. The second kappa shape index (κ2) is 5.40. The Kier molecular flexibility index (Phi) is 3.61. The van der Waals surface area contributed by atoms with Crippen molar-refractivity contribution in [2.45, 2.75) is 32.1 Å². The highest BCUT2D eigenvalue weighted by atomic mass is 32.1. The fraction of sp³-hybridized carbons (Fsp3) is 0.467. The lowest BCUT2D eigenvalue weighted by molar-refractivity contribution is 0.103. The number of hydrogen-bond acceptors (Lipinski definition) is 4. The van der Waals surface area contributed by atoms with Gasteiger partial charge in [-0.25, -0.2) is 0 Å². The molecule has 5 heteroatoms. The summed E-state index contributed by atoms with van der Waals surface area (Å²) >= 11 is 1.64. The van der Waals surface area contributed by atoms with E-state index in [1.165, 1.54) is 29.7 Å². The molecule has 0 aliphatic heterocycles. The van der Waals surface area contributed by atoms with Crippen molar-refractivity contribution < 1.29 is 9.53 Å². The number of carbonyl (C=O) groups excluding carboxylic acids is 1. The minimum absolute atomic E-state index is 0.0138.